The lowest BCUT2D eigenvalue weighted by atomic mass is 9.88. The van der Waals surface area contributed by atoms with Crippen molar-refractivity contribution in [2.75, 3.05) is 6.61 Å². The van der Waals surface area contributed by atoms with Crippen molar-refractivity contribution >= 4 is 11.9 Å². The number of unbranched alkanes of at least 4 members (excludes halogenated alkanes) is 5. The van der Waals surface area contributed by atoms with E-state index in [-0.39, 0.29) is 18.0 Å². The van der Waals surface area contributed by atoms with Crippen LogP contribution in [0.5, 0.6) is 0 Å². The predicted octanol–water partition coefficient (Wildman–Crippen LogP) is 5.94. The molecule has 0 radical (unpaired) electrons. The first-order valence-electron chi connectivity index (χ1n) is 10.6. The Hall–Kier alpha value is -1.84. The standard InChI is InChI=1S/C23H34O4/c1-3-4-5-6-7-10-16-26-22(24)19-13-11-14-20(17-19)23(25)27-21-15-9-8-12-18(21)2/h11,13-14,17-18,21H,3-10,12,15-16H2,1-2H3. The van der Waals surface area contributed by atoms with Crippen LogP contribution in [0.3, 0.4) is 0 Å². The van der Waals surface area contributed by atoms with E-state index in [4.69, 9.17) is 9.47 Å². The van der Waals surface area contributed by atoms with Gasteiger partial charge in [-0.15, -0.1) is 0 Å². The van der Waals surface area contributed by atoms with Gasteiger partial charge in [-0.1, -0.05) is 58.4 Å². The summed E-state index contributed by atoms with van der Waals surface area (Å²) in [5.41, 5.74) is 0.828. The van der Waals surface area contributed by atoms with Gasteiger partial charge >= 0.3 is 11.9 Å². The number of carbonyl (C=O) groups excluding carboxylic acids is 2. The third kappa shape index (κ3) is 7.36. The van der Waals surface area contributed by atoms with Crippen molar-refractivity contribution in [2.24, 2.45) is 5.92 Å². The van der Waals surface area contributed by atoms with Crippen LogP contribution in [0.25, 0.3) is 0 Å². The number of carbonyl (C=O) groups is 2. The third-order valence-electron chi connectivity index (χ3n) is 5.36. The Bertz CT molecular complexity index is 596. The van der Waals surface area contributed by atoms with Crippen molar-refractivity contribution in [2.45, 2.75) is 84.2 Å². The quantitative estimate of drug-likeness (QED) is 0.376. The normalized spacial score (nSPS) is 19.5. The molecule has 0 N–H and O–H groups in total. The molecule has 0 saturated heterocycles. The van der Waals surface area contributed by atoms with Crippen molar-refractivity contribution in [1.29, 1.82) is 0 Å². The van der Waals surface area contributed by atoms with Crippen LogP contribution in [-0.4, -0.2) is 24.6 Å². The molecule has 0 amide bonds. The van der Waals surface area contributed by atoms with Crippen LogP contribution < -0.4 is 0 Å². The van der Waals surface area contributed by atoms with E-state index in [0.717, 1.165) is 32.1 Å². The molecule has 27 heavy (non-hydrogen) atoms. The van der Waals surface area contributed by atoms with Gasteiger partial charge in [0.1, 0.15) is 6.10 Å². The topological polar surface area (TPSA) is 52.6 Å². The van der Waals surface area contributed by atoms with Gasteiger partial charge in [-0.3, -0.25) is 0 Å². The number of hydrogen-bond acceptors (Lipinski definition) is 4. The van der Waals surface area contributed by atoms with Crippen LogP contribution in [-0.2, 0) is 9.47 Å². The van der Waals surface area contributed by atoms with Gasteiger partial charge < -0.3 is 9.47 Å². The van der Waals surface area contributed by atoms with Crippen molar-refractivity contribution in [1.82, 2.24) is 0 Å². The number of rotatable bonds is 10. The van der Waals surface area contributed by atoms with E-state index < -0.39 is 0 Å². The zero-order chi connectivity index (χ0) is 19.5. The molecule has 0 aromatic heterocycles. The number of benzene rings is 1. The first-order valence-corrected chi connectivity index (χ1v) is 10.6. The van der Waals surface area contributed by atoms with Gasteiger partial charge in [0, 0.05) is 0 Å². The third-order valence-corrected chi connectivity index (χ3v) is 5.36. The minimum Gasteiger partial charge on any atom is -0.462 e. The fraction of sp³-hybridized carbons (Fsp3) is 0.652. The first-order chi connectivity index (χ1) is 13.1. The fourth-order valence-electron chi connectivity index (χ4n) is 3.57. The van der Waals surface area contributed by atoms with Gasteiger partial charge in [0.15, 0.2) is 0 Å². The summed E-state index contributed by atoms with van der Waals surface area (Å²) in [4.78, 5) is 24.7. The summed E-state index contributed by atoms with van der Waals surface area (Å²) in [7, 11) is 0. The summed E-state index contributed by atoms with van der Waals surface area (Å²) in [6.45, 7) is 4.76. The maximum Gasteiger partial charge on any atom is 0.338 e. The van der Waals surface area contributed by atoms with Crippen LogP contribution in [0, 0.1) is 5.92 Å². The molecule has 0 heterocycles. The van der Waals surface area contributed by atoms with Gasteiger partial charge in [0.2, 0.25) is 0 Å². The van der Waals surface area contributed by atoms with E-state index in [1.54, 1.807) is 24.3 Å². The van der Waals surface area contributed by atoms with E-state index in [2.05, 4.69) is 13.8 Å². The lowest BCUT2D eigenvalue weighted by Gasteiger charge is -2.28. The molecule has 0 bridgehead atoms. The largest absolute Gasteiger partial charge is 0.462 e. The number of esters is 2. The van der Waals surface area contributed by atoms with Gasteiger partial charge in [-0.05, 0) is 49.8 Å². The molecule has 4 heteroatoms. The number of hydrogen-bond donors (Lipinski definition) is 0. The molecule has 1 aromatic rings. The smallest absolute Gasteiger partial charge is 0.338 e. The van der Waals surface area contributed by atoms with E-state index >= 15 is 0 Å². The molecule has 150 valence electrons. The maximum atomic E-state index is 12.4. The molecule has 1 aromatic carbocycles. The Balaban J connectivity index is 1.79. The second kappa shape index (κ2) is 11.8. The summed E-state index contributed by atoms with van der Waals surface area (Å²) in [6, 6.07) is 6.67. The van der Waals surface area contributed by atoms with Crippen LogP contribution in [0.4, 0.5) is 0 Å². The molecule has 2 unspecified atom stereocenters. The average Bonchev–Trinajstić information content (AvgIpc) is 2.69. The molecule has 0 spiro atoms. The highest BCUT2D eigenvalue weighted by molar-refractivity contribution is 5.95. The molecular weight excluding hydrogens is 340 g/mol. The predicted molar refractivity (Wildman–Crippen MR) is 107 cm³/mol. The highest BCUT2D eigenvalue weighted by atomic mass is 16.5. The highest BCUT2D eigenvalue weighted by Crippen LogP contribution is 2.27. The average molecular weight is 375 g/mol. The van der Waals surface area contributed by atoms with Crippen molar-refractivity contribution in [3.63, 3.8) is 0 Å². The summed E-state index contributed by atoms with van der Waals surface area (Å²) in [5.74, 6) is -0.322. The molecule has 2 atom stereocenters. The molecule has 2 rings (SSSR count). The summed E-state index contributed by atoms with van der Waals surface area (Å²) >= 11 is 0. The van der Waals surface area contributed by atoms with E-state index in [1.165, 1.54) is 32.1 Å². The molecule has 1 aliphatic rings. The van der Waals surface area contributed by atoms with Crippen LogP contribution >= 0.6 is 0 Å². The minimum atomic E-state index is -0.371. The SMILES string of the molecule is CCCCCCCCOC(=O)c1cccc(C(=O)OC2CCCCC2C)c1. The van der Waals surface area contributed by atoms with Crippen LogP contribution in [0.1, 0.15) is 98.8 Å². The van der Waals surface area contributed by atoms with E-state index in [9.17, 15) is 9.59 Å². The van der Waals surface area contributed by atoms with Gasteiger partial charge in [-0.2, -0.15) is 0 Å². The molecular formula is C23H34O4. The molecule has 1 saturated carbocycles. The molecule has 1 fully saturated rings. The summed E-state index contributed by atoms with van der Waals surface area (Å²) in [6.07, 6.45) is 11.2. The van der Waals surface area contributed by atoms with Gasteiger partial charge in [0.25, 0.3) is 0 Å². The first kappa shape index (κ1) is 21.5. The van der Waals surface area contributed by atoms with Gasteiger partial charge in [-0.25, -0.2) is 9.59 Å². The Morgan fingerprint density at radius 1 is 0.963 bits per heavy atom. The Labute approximate surface area is 163 Å². The maximum absolute atomic E-state index is 12.4. The molecule has 1 aliphatic carbocycles. The van der Waals surface area contributed by atoms with E-state index in [1.807, 2.05) is 0 Å². The van der Waals surface area contributed by atoms with Crippen LogP contribution in [0.2, 0.25) is 0 Å². The number of ether oxygens (including phenoxy) is 2. The second-order valence-corrected chi connectivity index (χ2v) is 7.69. The van der Waals surface area contributed by atoms with Crippen molar-refractivity contribution in [3.8, 4) is 0 Å². The fourth-order valence-corrected chi connectivity index (χ4v) is 3.57. The van der Waals surface area contributed by atoms with Gasteiger partial charge in [0.05, 0.1) is 17.7 Å². The molecule has 4 nitrogen and oxygen atoms in total. The summed E-state index contributed by atoms with van der Waals surface area (Å²) in [5, 5.41) is 0. The lowest BCUT2D eigenvalue weighted by Crippen LogP contribution is -2.28. The minimum absolute atomic E-state index is 0.0189. The summed E-state index contributed by atoms with van der Waals surface area (Å²) < 4.78 is 11.0. The monoisotopic (exact) mass is 374 g/mol. The Morgan fingerprint density at radius 2 is 1.63 bits per heavy atom. The Kier molecular flexibility index (Phi) is 9.37. The Morgan fingerprint density at radius 3 is 2.37 bits per heavy atom. The highest BCUT2D eigenvalue weighted by Gasteiger charge is 2.25. The zero-order valence-electron chi connectivity index (χ0n) is 16.9. The van der Waals surface area contributed by atoms with Crippen LogP contribution in [0.15, 0.2) is 24.3 Å². The molecule has 0 aliphatic heterocycles. The zero-order valence-corrected chi connectivity index (χ0v) is 16.9. The lowest BCUT2D eigenvalue weighted by molar-refractivity contribution is 0.00481. The van der Waals surface area contributed by atoms with E-state index in [0.29, 0.717) is 23.7 Å². The van der Waals surface area contributed by atoms with Crippen molar-refractivity contribution in [3.05, 3.63) is 35.4 Å². The second-order valence-electron chi connectivity index (χ2n) is 7.69. The van der Waals surface area contributed by atoms with Crippen molar-refractivity contribution < 1.29 is 19.1 Å².